The number of guanidine groups is 1. The number of benzene rings is 2. The van der Waals surface area contributed by atoms with Crippen molar-refractivity contribution >= 4 is 29.6 Å². The minimum Gasteiger partial charge on any atom is -0.447 e. The van der Waals surface area contributed by atoms with Gasteiger partial charge in [-0.25, -0.2) is 32.3 Å². The van der Waals surface area contributed by atoms with Crippen LogP contribution >= 0.6 is 11.6 Å². The lowest BCUT2D eigenvalue weighted by atomic mass is 9.75. The Kier molecular flexibility index (Phi) is 11.2. The summed E-state index contributed by atoms with van der Waals surface area (Å²) in [5, 5.41) is 12.3. The number of amides is 2. The van der Waals surface area contributed by atoms with E-state index in [-0.39, 0.29) is 58.2 Å². The molecular formula is C37H34ClF8N9O3. The molecule has 0 bridgehead atoms. The molecule has 2 N–H and O–H groups in total. The molecule has 58 heavy (non-hydrogen) atoms. The van der Waals surface area contributed by atoms with Gasteiger partial charge in [0.05, 0.1) is 34.1 Å². The third-order valence-corrected chi connectivity index (χ3v) is 9.74. The summed E-state index contributed by atoms with van der Waals surface area (Å²) in [6.45, 7) is 1.75. The van der Waals surface area contributed by atoms with Crippen LogP contribution in [0.4, 0.5) is 39.9 Å². The molecule has 0 spiro atoms. The van der Waals surface area contributed by atoms with Crippen molar-refractivity contribution in [1.82, 2.24) is 40.1 Å². The second-order valence-electron chi connectivity index (χ2n) is 14.8. The van der Waals surface area contributed by atoms with E-state index in [4.69, 9.17) is 16.3 Å². The lowest BCUT2D eigenvalue weighted by molar-refractivity contribution is -0.164. The maximum atomic E-state index is 15.9. The highest BCUT2D eigenvalue weighted by Crippen LogP contribution is 2.49. The molecule has 1 saturated carbocycles. The SMILES string of the molecule is CN=C1N[C@](CC(C)(C)C)(c2ccc(C#Cc3cnn(C(F)F)c3)c(F)c2)C(=O)N1[C@H](COC(=O)NC1(C(F)(F)F)CC1)c1ccc(Cl)c(-n2ncnc2C(F)F)c1. The highest BCUT2D eigenvalue weighted by atomic mass is 35.5. The quantitative estimate of drug-likeness (QED) is 0.124. The van der Waals surface area contributed by atoms with Crippen LogP contribution in [0.25, 0.3) is 5.69 Å². The van der Waals surface area contributed by atoms with E-state index < -0.39 is 71.9 Å². The molecule has 1 saturated heterocycles. The van der Waals surface area contributed by atoms with Gasteiger partial charge in [-0.1, -0.05) is 56.3 Å². The Morgan fingerprint density at radius 3 is 2.40 bits per heavy atom. The molecule has 308 valence electrons. The van der Waals surface area contributed by atoms with Gasteiger partial charge in [0.25, 0.3) is 12.3 Å². The Morgan fingerprint density at radius 2 is 1.81 bits per heavy atom. The summed E-state index contributed by atoms with van der Waals surface area (Å²) in [6.07, 6.45) is -7.11. The fraction of sp³-hybridized carbons (Fsp3) is 0.405. The van der Waals surface area contributed by atoms with Gasteiger partial charge in [0.2, 0.25) is 5.96 Å². The first-order valence-electron chi connectivity index (χ1n) is 17.4. The molecule has 0 unspecified atom stereocenters. The second-order valence-corrected chi connectivity index (χ2v) is 15.2. The van der Waals surface area contributed by atoms with Gasteiger partial charge in [-0.05, 0) is 60.1 Å². The number of aromatic nitrogens is 5. The average molecular weight is 840 g/mol. The number of hydrogen-bond donors (Lipinski definition) is 2. The molecule has 2 atom stereocenters. The van der Waals surface area contributed by atoms with E-state index in [0.717, 1.165) is 34.4 Å². The van der Waals surface area contributed by atoms with Crippen molar-refractivity contribution in [2.45, 2.75) is 76.3 Å². The number of aliphatic imine (C=N–C) groups is 1. The predicted molar refractivity (Wildman–Crippen MR) is 192 cm³/mol. The van der Waals surface area contributed by atoms with Crippen LogP contribution in [0.1, 0.15) is 87.1 Å². The molecule has 2 amide bonds. The zero-order valence-electron chi connectivity index (χ0n) is 31.0. The Bertz CT molecular complexity index is 2310. The summed E-state index contributed by atoms with van der Waals surface area (Å²) in [5.74, 6) is 2.62. The molecule has 2 aromatic heterocycles. The van der Waals surface area contributed by atoms with Crippen molar-refractivity contribution in [1.29, 1.82) is 0 Å². The van der Waals surface area contributed by atoms with Crippen molar-refractivity contribution in [3.8, 4) is 17.5 Å². The maximum absolute atomic E-state index is 15.9. The minimum absolute atomic E-state index is 0.00360. The topological polar surface area (TPSA) is 132 Å². The van der Waals surface area contributed by atoms with E-state index in [9.17, 15) is 35.5 Å². The maximum Gasteiger partial charge on any atom is 0.411 e. The van der Waals surface area contributed by atoms with E-state index in [0.29, 0.717) is 4.68 Å². The first-order chi connectivity index (χ1) is 27.2. The van der Waals surface area contributed by atoms with Crippen LogP contribution in [0.5, 0.6) is 0 Å². The standard InChI is InChI=1S/C37H34ClF8N9O3/c1-34(2,3)18-36(23-9-7-21(25(39)14-23)6-5-20-15-49-53(16-20)31(42)43)30(56)54(32(47-4)51-36)27(17-58-33(57)52-35(11-12-35)37(44,45)46)22-8-10-24(38)26(13-22)55-29(28(40)41)48-19-50-55/h7-10,13-16,19,27-28,31H,11-12,17-18H2,1-4H3,(H,47,51)(H,52,57)/t27-,36-/m1/s1. The Balaban J connectivity index is 1.42. The first-order valence-corrected chi connectivity index (χ1v) is 17.8. The monoisotopic (exact) mass is 839 g/mol. The van der Waals surface area contributed by atoms with E-state index in [1.807, 2.05) is 26.1 Å². The van der Waals surface area contributed by atoms with Gasteiger partial charge in [0.15, 0.2) is 5.82 Å². The number of hydrogen-bond acceptors (Lipinski definition) is 7. The first kappa shape index (κ1) is 41.9. The van der Waals surface area contributed by atoms with Gasteiger partial charge >= 0.3 is 18.8 Å². The smallest absolute Gasteiger partial charge is 0.411 e. The molecule has 21 heteroatoms. The molecule has 2 aliphatic rings. The van der Waals surface area contributed by atoms with Gasteiger partial charge < -0.3 is 15.4 Å². The second kappa shape index (κ2) is 15.6. The van der Waals surface area contributed by atoms with Crippen molar-refractivity contribution in [2.75, 3.05) is 13.7 Å². The third kappa shape index (κ3) is 8.31. The number of carbonyl (C=O) groups is 2. The number of alkyl halides is 7. The van der Waals surface area contributed by atoms with Gasteiger partial charge in [0, 0.05) is 13.2 Å². The number of nitrogens with zero attached hydrogens (tertiary/aromatic N) is 7. The largest absolute Gasteiger partial charge is 0.447 e. The Labute approximate surface area is 330 Å². The lowest BCUT2D eigenvalue weighted by Crippen LogP contribution is -2.49. The van der Waals surface area contributed by atoms with Gasteiger partial charge in [0.1, 0.15) is 29.8 Å². The van der Waals surface area contributed by atoms with Gasteiger partial charge in [-0.2, -0.15) is 32.1 Å². The van der Waals surface area contributed by atoms with Crippen molar-refractivity contribution in [3.05, 3.63) is 94.0 Å². The number of carbonyl (C=O) groups excluding carboxylic acids is 2. The van der Waals surface area contributed by atoms with Crippen LogP contribution in [-0.2, 0) is 15.1 Å². The summed E-state index contributed by atoms with van der Waals surface area (Å²) in [6, 6.07) is 6.35. The molecule has 6 rings (SSSR count). The molecule has 12 nitrogen and oxygen atoms in total. The van der Waals surface area contributed by atoms with Gasteiger partial charge in [-0.3, -0.25) is 14.7 Å². The van der Waals surface area contributed by atoms with Crippen LogP contribution in [0, 0.1) is 23.1 Å². The highest BCUT2D eigenvalue weighted by Gasteiger charge is 2.65. The lowest BCUT2D eigenvalue weighted by Gasteiger charge is -2.35. The predicted octanol–water partition coefficient (Wildman–Crippen LogP) is 7.60. The van der Waals surface area contributed by atoms with Crippen LogP contribution in [-0.4, -0.2) is 72.8 Å². The van der Waals surface area contributed by atoms with Gasteiger partial charge in [-0.15, -0.1) is 0 Å². The summed E-state index contributed by atoms with van der Waals surface area (Å²) in [5.41, 5.74) is -4.90. The van der Waals surface area contributed by atoms with E-state index in [2.05, 4.69) is 37.3 Å². The minimum atomic E-state index is -4.77. The molecule has 2 fully saturated rings. The summed E-state index contributed by atoms with van der Waals surface area (Å²) in [4.78, 5) is 37.0. The average Bonchev–Trinajstić information content (AvgIpc) is 3.44. The molecule has 0 radical (unpaired) electrons. The number of nitrogens with one attached hydrogen (secondary N) is 2. The summed E-state index contributed by atoms with van der Waals surface area (Å²) < 4.78 is 117. The zero-order chi connectivity index (χ0) is 42.4. The number of rotatable bonds is 10. The summed E-state index contributed by atoms with van der Waals surface area (Å²) in [7, 11) is 1.33. The summed E-state index contributed by atoms with van der Waals surface area (Å²) >= 11 is 6.43. The number of halogens is 9. The van der Waals surface area contributed by atoms with E-state index >= 15 is 9.18 Å². The molecule has 1 aliphatic heterocycles. The molecule has 2 aromatic carbocycles. The van der Waals surface area contributed by atoms with Crippen molar-refractivity contribution in [2.24, 2.45) is 10.4 Å². The molecule has 3 heterocycles. The van der Waals surface area contributed by atoms with Crippen LogP contribution in [0.2, 0.25) is 5.02 Å². The fourth-order valence-corrected chi connectivity index (χ4v) is 6.79. The third-order valence-electron chi connectivity index (χ3n) is 9.42. The van der Waals surface area contributed by atoms with Crippen LogP contribution in [0.15, 0.2) is 60.1 Å². The molecule has 1 aliphatic carbocycles. The molecule has 4 aromatic rings. The number of alkyl carbamates (subject to hydrolysis) is 1. The molecular weight excluding hydrogens is 806 g/mol. The van der Waals surface area contributed by atoms with Crippen molar-refractivity contribution in [3.63, 3.8) is 0 Å². The fourth-order valence-electron chi connectivity index (χ4n) is 6.60. The zero-order valence-corrected chi connectivity index (χ0v) is 31.8. The van der Waals surface area contributed by atoms with E-state index in [1.165, 1.54) is 37.4 Å². The number of ether oxygens (including phenoxy) is 1. The Morgan fingerprint density at radius 1 is 1.09 bits per heavy atom. The Hall–Kier alpha value is -5.71. The van der Waals surface area contributed by atoms with Crippen molar-refractivity contribution < 1.29 is 49.4 Å². The normalized spacial score (nSPS) is 19.0. The van der Waals surface area contributed by atoms with Crippen LogP contribution in [0.3, 0.4) is 0 Å². The van der Waals surface area contributed by atoms with Crippen LogP contribution < -0.4 is 10.6 Å². The highest BCUT2D eigenvalue weighted by molar-refractivity contribution is 6.32. The van der Waals surface area contributed by atoms with E-state index in [1.54, 1.807) is 0 Å².